The molecule has 3 rings (SSSR count). The fourth-order valence-corrected chi connectivity index (χ4v) is 3.39. The first-order chi connectivity index (χ1) is 13.1. The van der Waals surface area contributed by atoms with Gasteiger partial charge in [0.1, 0.15) is 5.71 Å². The van der Waals surface area contributed by atoms with Crippen LogP contribution in [0.1, 0.15) is 44.9 Å². The second-order valence-corrected chi connectivity index (χ2v) is 6.97. The van der Waals surface area contributed by atoms with E-state index in [1.165, 1.54) is 24.3 Å². The van der Waals surface area contributed by atoms with Gasteiger partial charge in [-0.25, -0.2) is 9.80 Å². The molecule has 1 heterocycles. The Kier molecular flexibility index (Phi) is 6.57. The fraction of sp³-hybridized carbons (Fsp3) is 0.500. The molecule has 0 spiro atoms. The van der Waals surface area contributed by atoms with Gasteiger partial charge in [0.25, 0.3) is 5.91 Å². The molecule has 0 atom stereocenters. The predicted octanol–water partition coefficient (Wildman–Crippen LogP) is 2.41. The third-order valence-electron chi connectivity index (χ3n) is 4.92. The average molecular weight is 371 g/mol. The number of carbonyl (C=O) groups excluding carboxylic acids is 3. The molecule has 1 saturated carbocycles. The lowest BCUT2D eigenvalue weighted by molar-refractivity contribution is -0.142. The smallest absolute Gasteiger partial charge is 0.355 e. The van der Waals surface area contributed by atoms with Gasteiger partial charge in [0.05, 0.1) is 5.69 Å². The van der Waals surface area contributed by atoms with Crippen LogP contribution in [0, 0.1) is 5.92 Å². The van der Waals surface area contributed by atoms with Crippen LogP contribution in [0.15, 0.2) is 35.4 Å². The minimum atomic E-state index is -0.656. The molecule has 27 heavy (non-hydrogen) atoms. The molecule has 7 heteroatoms. The second-order valence-electron chi connectivity index (χ2n) is 6.97. The largest absolute Gasteiger partial charge is 0.451 e. The molecule has 2 amide bonds. The van der Waals surface area contributed by atoms with E-state index in [1.54, 1.807) is 24.3 Å². The lowest BCUT2D eigenvalue weighted by Crippen LogP contribution is -2.37. The second kappa shape index (κ2) is 9.30. The van der Waals surface area contributed by atoms with E-state index >= 15 is 0 Å². The van der Waals surface area contributed by atoms with Crippen molar-refractivity contribution >= 4 is 29.2 Å². The van der Waals surface area contributed by atoms with Crippen LogP contribution in [0.25, 0.3) is 0 Å². The van der Waals surface area contributed by atoms with E-state index in [0.717, 1.165) is 12.8 Å². The first kappa shape index (κ1) is 19.1. The predicted molar refractivity (Wildman–Crippen MR) is 101 cm³/mol. The number of hydrogen-bond donors (Lipinski definition) is 1. The molecular weight excluding hydrogens is 346 g/mol. The van der Waals surface area contributed by atoms with Crippen LogP contribution in [0.2, 0.25) is 0 Å². The molecule has 0 radical (unpaired) electrons. The summed E-state index contributed by atoms with van der Waals surface area (Å²) in [5.74, 6) is -0.618. The zero-order chi connectivity index (χ0) is 19.1. The van der Waals surface area contributed by atoms with Crippen molar-refractivity contribution in [3.05, 3.63) is 30.3 Å². The number of amides is 2. The number of hydrogen-bond acceptors (Lipinski definition) is 5. The van der Waals surface area contributed by atoms with E-state index in [2.05, 4.69) is 10.4 Å². The molecule has 0 saturated heterocycles. The van der Waals surface area contributed by atoms with Gasteiger partial charge in [-0.05, 0) is 30.9 Å². The normalized spacial score (nSPS) is 18.0. The van der Waals surface area contributed by atoms with Gasteiger partial charge in [0, 0.05) is 19.4 Å². The molecule has 7 nitrogen and oxygen atoms in total. The maximum Gasteiger partial charge on any atom is 0.355 e. The van der Waals surface area contributed by atoms with Crippen LogP contribution in [0.4, 0.5) is 5.69 Å². The number of esters is 1. The molecule has 0 aromatic heterocycles. The lowest BCUT2D eigenvalue weighted by Gasteiger charge is -2.23. The maximum absolute atomic E-state index is 12.2. The van der Waals surface area contributed by atoms with Gasteiger partial charge < -0.3 is 10.1 Å². The average Bonchev–Trinajstić information content (AvgIpc) is 2.72. The van der Waals surface area contributed by atoms with Gasteiger partial charge in [-0.2, -0.15) is 5.10 Å². The zero-order valence-corrected chi connectivity index (χ0v) is 15.4. The van der Waals surface area contributed by atoms with E-state index < -0.39 is 5.97 Å². The first-order valence-electron chi connectivity index (χ1n) is 9.53. The molecule has 1 aliphatic heterocycles. The number of benzene rings is 1. The minimum absolute atomic E-state index is 0.151. The van der Waals surface area contributed by atoms with Crippen LogP contribution < -0.4 is 10.3 Å². The Hall–Kier alpha value is -2.70. The number of para-hydroxylation sites is 1. The summed E-state index contributed by atoms with van der Waals surface area (Å²) < 4.78 is 5.08. The summed E-state index contributed by atoms with van der Waals surface area (Å²) in [4.78, 5) is 36.2. The van der Waals surface area contributed by atoms with Crippen molar-refractivity contribution in [1.29, 1.82) is 0 Å². The Bertz CT molecular complexity index is 711. The topological polar surface area (TPSA) is 88.1 Å². The van der Waals surface area contributed by atoms with Crippen LogP contribution in [0.3, 0.4) is 0 Å². The van der Waals surface area contributed by atoms with Crippen molar-refractivity contribution in [1.82, 2.24) is 5.32 Å². The molecule has 1 fully saturated rings. The van der Waals surface area contributed by atoms with Gasteiger partial charge in [-0.1, -0.05) is 37.5 Å². The number of carbonyl (C=O) groups is 3. The van der Waals surface area contributed by atoms with Crippen molar-refractivity contribution < 1.29 is 19.1 Å². The number of ether oxygens (including phenoxy) is 1. The van der Waals surface area contributed by atoms with Gasteiger partial charge in [0.2, 0.25) is 5.91 Å². The van der Waals surface area contributed by atoms with Crippen molar-refractivity contribution in [3.8, 4) is 0 Å². The summed E-state index contributed by atoms with van der Waals surface area (Å²) >= 11 is 0. The SMILES string of the molecule is O=C(COC(=O)C1=NN(c2ccccc2)C(=O)CC1)NCC1CCCCC1. The quantitative estimate of drug-likeness (QED) is 0.778. The van der Waals surface area contributed by atoms with E-state index in [0.29, 0.717) is 18.2 Å². The first-order valence-corrected chi connectivity index (χ1v) is 9.53. The highest BCUT2D eigenvalue weighted by atomic mass is 16.5. The minimum Gasteiger partial charge on any atom is -0.451 e. The Morgan fingerprint density at radius 1 is 1.11 bits per heavy atom. The van der Waals surface area contributed by atoms with E-state index in [-0.39, 0.29) is 37.0 Å². The van der Waals surface area contributed by atoms with Crippen LogP contribution >= 0.6 is 0 Å². The van der Waals surface area contributed by atoms with Crippen LogP contribution in [-0.4, -0.2) is 36.6 Å². The Morgan fingerprint density at radius 2 is 1.85 bits per heavy atom. The highest BCUT2D eigenvalue weighted by Crippen LogP contribution is 2.22. The number of nitrogens with zero attached hydrogens (tertiary/aromatic N) is 2. The van der Waals surface area contributed by atoms with Crippen LogP contribution in [0.5, 0.6) is 0 Å². The van der Waals surface area contributed by atoms with E-state index in [9.17, 15) is 14.4 Å². The Morgan fingerprint density at radius 3 is 2.59 bits per heavy atom. The standard InChI is InChI=1S/C20H25N3O4/c24-18(21-13-15-7-3-1-4-8-15)14-27-20(26)17-11-12-19(25)23(22-17)16-9-5-2-6-10-16/h2,5-6,9-10,15H,1,3-4,7-8,11-14H2,(H,21,24). The van der Waals surface area contributed by atoms with Gasteiger partial charge in [-0.15, -0.1) is 0 Å². The van der Waals surface area contributed by atoms with Crippen molar-refractivity contribution in [2.24, 2.45) is 11.0 Å². The molecule has 2 aliphatic rings. The monoisotopic (exact) mass is 371 g/mol. The maximum atomic E-state index is 12.2. The third-order valence-corrected chi connectivity index (χ3v) is 4.92. The third kappa shape index (κ3) is 5.39. The van der Waals surface area contributed by atoms with Crippen LogP contribution in [-0.2, 0) is 19.1 Å². The Balaban J connectivity index is 1.49. The number of anilines is 1. The number of hydrazone groups is 1. The van der Waals surface area contributed by atoms with Gasteiger partial charge in [-0.3, -0.25) is 9.59 Å². The lowest BCUT2D eigenvalue weighted by atomic mass is 9.89. The van der Waals surface area contributed by atoms with Crippen molar-refractivity contribution in [3.63, 3.8) is 0 Å². The summed E-state index contributed by atoms with van der Waals surface area (Å²) in [6, 6.07) is 8.91. The summed E-state index contributed by atoms with van der Waals surface area (Å²) in [5.41, 5.74) is 0.747. The highest BCUT2D eigenvalue weighted by Gasteiger charge is 2.26. The summed E-state index contributed by atoms with van der Waals surface area (Å²) in [6.07, 6.45) is 6.37. The molecule has 144 valence electrons. The van der Waals surface area contributed by atoms with E-state index in [4.69, 9.17) is 4.74 Å². The zero-order valence-electron chi connectivity index (χ0n) is 15.4. The summed E-state index contributed by atoms with van der Waals surface area (Å²) in [6.45, 7) is 0.303. The molecule has 1 aliphatic carbocycles. The molecular formula is C20H25N3O4. The summed E-state index contributed by atoms with van der Waals surface area (Å²) in [5, 5.41) is 8.17. The van der Waals surface area contributed by atoms with Crippen molar-refractivity contribution in [2.75, 3.05) is 18.2 Å². The molecule has 1 aromatic rings. The molecule has 0 unspecified atom stereocenters. The fourth-order valence-electron chi connectivity index (χ4n) is 3.39. The van der Waals surface area contributed by atoms with Gasteiger partial charge >= 0.3 is 5.97 Å². The number of rotatable bonds is 6. The molecule has 0 bridgehead atoms. The molecule has 1 aromatic carbocycles. The van der Waals surface area contributed by atoms with E-state index in [1.807, 2.05) is 6.07 Å². The highest BCUT2D eigenvalue weighted by molar-refractivity contribution is 6.38. The number of nitrogens with one attached hydrogen (secondary N) is 1. The molecule has 1 N–H and O–H groups in total. The Labute approximate surface area is 158 Å². The summed E-state index contributed by atoms with van der Waals surface area (Å²) in [7, 11) is 0. The van der Waals surface area contributed by atoms with Crippen molar-refractivity contribution in [2.45, 2.75) is 44.9 Å². The van der Waals surface area contributed by atoms with Gasteiger partial charge in [0.15, 0.2) is 6.61 Å².